The molecule has 0 radical (unpaired) electrons. The van der Waals surface area contributed by atoms with E-state index >= 15 is 0 Å². The smallest absolute Gasteiger partial charge is 0.123 e. The molecule has 0 aliphatic rings. The third-order valence-corrected chi connectivity index (χ3v) is 4.15. The number of hydrogen-bond donors (Lipinski definition) is 1. The zero-order valence-electron chi connectivity index (χ0n) is 11.6. The van der Waals surface area contributed by atoms with Crippen LogP contribution in [-0.4, -0.2) is 13.6 Å². The highest BCUT2D eigenvalue weighted by Gasteiger charge is 2.12. The second kappa shape index (κ2) is 7.55. The highest BCUT2D eigenvalue weighted by molar-refractivity contribution is 9.10. The zero-order valence-corrected chi connectivity index (χ0v) is 13.2. The van der Waals surface area contributed by atoms with Crippen LogP contribution in [0.25, 0.3) is 0 Å². The van der Waals surface area contributed by atoms with Crippen LogP contribution >= 0.6 is 15.9 Å². The normalized spacial score (nSPS) is 12.3. The van der Waals surface area contributed by atoms with Crippen LogP contribution in [0.1, 0.15) is 11.1 Å². The molecule has 2 aromatic rings. The van der Waals surface area contributed by atoms with Gasteiger partial charge in [-0.05, 0) is 61.7 Å². The molecule has 2 rings (SSSR count). The largest absolute Gasteiger partial charge is 0.319 e. The standard InChI is InChI=1S/C17H19BrFN/c1-20-12-14(9-13-5-4-7-16(19)11-13)10-15-6-2-3-8-17(15)18/h2-8,11,14,20H,9-10,12H2,1H3. The van der Waals surface area contributed by atoms with Gasteiger partial charge in [-0.2, -0.15) is 0 Å². The Morgan fingerprint density at radius 3 is 2.60 bits per heavy atom. The molecule has 0 aliphatic heterocycles. The minimum absolute atomic E-state index is 0.161. The lowest BCUT2D eigenvalue weighted by molar-refractivity contribution is 0.491. The minimum Gasteiger partial charge on any atom is -0.319 e. The van der Waals surface area contributed by atoms with Crippen LogP contribution in [0.3, 0.4) is 0 Å². The van der Waals surface area contributed by atoms with E-state index in [-0.39, 0.29) is 5.82 Å². The lowest BCUT2D eigenvalue weighted by atomic mass is 9.92. The molecule has 0 fully saturated rings. The van der Waals surface area contributed by atoms with Crippen molar-refractivity contribution in [3.63, 3.8) is 0 Å². The minimum atomic E-state index is -0.161. The van der Waals surface area contributed by atoms with Gasteiger partial charge in [0.25, 0.3) is 0 Å². The molecule has 0 aliphatic carbocycles. The van der Waals surface area contributed by atoms with Crippen molar-refractivity contribution >= 4 is 15.9 Å². The van der Waals surface area contributed by atoms with Crippen LogP contribution in [0, 0.1) is 11.7 Å². The first-order chi connectivity index (χ1) is 9.69. The molecular formula is C17H19BrFN. The van der Waals surface area contributed by atoms with Crippen LogP contribution in [0.2, 0.25) is 0 Å². The Morgan fingerprint density at radius 1 is 1.10 bits per heavy atom. The first kappa shape index (κ1) is 15.2. The van der Waals surface area contributed by atoms with Crippen LogP contribution < -0.4 is 5.32 Å². The fraction of sp³-hybridized carbons (Fsp3) is 0.294. The van der Waals surface area contributed by atoms with E-state index in [2.05, 4.69) is 39.4 Å². The summed E-state index contributed by atoms with van der Waals surface area (Å²) in [5, 5.41) is 3.23. The quantitative estimate of drug-likeness (QED) is 0.833. The molecule has 1 unspecified atom stereocenters. The summed E-state index contributed by atoms with van der Waals surface area (Å²) in [6.07, 6.45) is 1.85. The van der Waals surface area contributed by atoms with E-state index in [0.29, 0.717) is 5.92 Å². The van der Waals surface area contributed by atoms with Crippen LogP contribution in [0.4, 0.5) is 4.39 Å². The molecule has 106 valence electrons. The van der Waals surface area contributed by atoms with Crippen molar-refractivity contribution in [2.24, 2.45) is 5.92 Å². The SMILES string of the molecule is CNCC(Cc1cccc(F)c1)Cc1ccccc1Br. The second-order valence-electron chi connectivity index (χ2n) is 5.05. The summed E-state index contributed by atoms with van der Waals surface area (Å²) >= 11 is 3.59. The number of benzene rings is 2. The van der Waals surface area contributed by atoms with Gasteiger partial charge in [-0.25, -0.2) is 4.39 Å². The molecule has 0 saturated heterocycles. The van der Waals surface area contributed by atoms with Gasteiger partial charge in [0, 0.05) is 4.47 Å². The van der Waals surface area contributed by atoms with Crippen molar-refractivity contribution in [1.82, 2.24) is 5.32 Å². The Kier molecular flexibility index (Phi) is 5.74. The number of rotatable bonds is 6. The molecule has 0 aromatic heterocycles. The summed E-state index contributed by atoms with van der Waals surface area (Å²) in [6, 6.07) is 15.2. The molecule has 0 saturated carbocycles. The Hall–Kier alpha value is -1.19. The fourth-order valence-corrected chi connectivity index (χ4v) is 2.92. The van der Waals surface area contributed by atoms with Gasteiger partial charge in [0.05, 0.1) is 0 Å². The molecule has 0 spiro atoms. The second-order valence-corrected chi connectivity index (χ2v) is 5.91. The van der Waals surface area contributed by atoms with Crippen molar-refractivity contribution in [3.05, 3.63) is 69.9 Å². The number of hydrogen-bond acceptors (Lipinski definition) is 1. The lowest BCUT2D eigenvalue weighted by Gasteiger charge is -2.17. The van der Waals surface area contributed by atoms with Crippen molar-refractivity contribution in [3.8, 4) is 0 Å². The maximum absolute atomic E-state index is 13.3. The Bertz CT molecular complexity index is 556. The average molecular weight is 336 g/mol. The zero-order chi connectivity index (χ0) is 14.4. The molecule has 1 nitrogen and oxygen atoms in total. The molecule has 3 heteroatoms. The van der Waals surface area contributed by atoms with Crippen molar-refractivity contribution in [2.45, 2.75) is 12.8 Å². The third kappa shape index (κ3) is 4.43. The van der Waals surface area contributed by atoms with Gasteiger partial charge in [0.1, 0.15) is 5.82 Å². The van der Waals surface area contributed by atoms with Crippen LogP contribution in [0.5, 0.6) is 0 Å². The molecule has 20 heavy (non-hydrogen) atoms. The molecule has 1 N–H and O–H groups in total. The lowest BCUT2D eigenvalue weighted by Crippen LogP contribution is -2.23. The maximum atomic E-state index is 13.3. The molecule has 2 aromatic carbocycles. The van der Waals surface area contributed by atoms with E-state index in [9.17, 15) is 4.39 Å². The van der Waals surface area contributed by atoms with Gasteiger partial charge in [-0.3, -0.25) is 0 Å². The first-order valence-electron chi connectivity index (χ1n) is 6.81. The van der Waals surface area contributed by atoms with Gasteiger partial charge in [-0.15, -0.1) is 0 Å². The van der Waals surface area contributed by atoms with Gasteiger partial charge < -0.3 is 5.32 Å². The summed E-state index contributed by atoms with van der Waals surface area (Å²) in [6.45, 7) is 0.915. The Balaban J connectivity index is 2.09. The summed E-state index contributed by atoms with van der Waals surface area (Å²) in [5.74, 6) is 0.284. The molecule has 0 amide bonds. The van der Waals surface area contributed by atoms with Crippen molar-refractivity contribution < 1.29 is 4.39 Å². The van der Waals surface area contributed by atoms with Crippen molar-refractivity contribution in [1.29, 1.82) is 0 Å². The molecule has 1 atom stereocenters. The van der Waals surface area contributed by atoms with Gasteiger partial charge in [0.15, 0.2) is 0 Å². The molecular weight excluding hydrogens is 317 g/mol. The average Bonchev–Trinajstić information content (AvgIpc) is 2.42. The topological polar surface area (TPSA) is 12.0 Å². The third-order valence-electron chi connectivity index (χ3n) is 3.37. The van der Waals surface area contributed by atoms with E-state index < -0.39 is 0 Å². The van der Waals surface area contributed by atoms with E-state index in [4.69, 9.17) is 0 Å². The number of halogens is 2. The van der Waals surface area contributed by atoms with E-state index in [1.165, 1.54) is 11.6 Å². The predicted molar refractivity (Wildman–Crippen MR) is 85.4 cm³/mol. The summed E-state index contributed by atoms with van der Waals surface area (Å²) in [4.78, 5) is 0. The Labute approximate surface area is 128 Å². The first-order valence-corrected chi connectivity index (χ1v) is 7.61. The summed E-state index contributed by atoms with van der Waals surface area (Å²) in [5.41, 5.74) is 2.35. The maximum Gasteiger partial charge on any atom is 0.123 e. The van der Waals surface area contributed by atoms with Gasteiger partial charge in [0.2, 0.25) is 0 Å². The van der Waals surface area contributed by atoms with Crippen LogP contribution in [0.15, 0.2) is 53.0 Å². The van der Waals surface area contributed by atoms with Crippen molar-refractivity contribution in [2.75, 3.05) is 13.6 Å². The summed E-state index contributed by atoms with van der Waals surface area (Å²) in [7, 11) is 1.96. The van der Waals surface area contributed by atoms with E-state index in [1.54, 1.807) is 12.1 Å². The molecule has 0 bridgehead atoms. The summed E-state index contributed by atoms with van der Waals surface area (Å²) < 4.78 is 14.4. The van der Waals surface area contributed by atoms with Gasteiger partial charge >= 0.3 is 0 Å². The predicted octanol–water partition coefficient (Wildman–Crippen LogP) is 4.21. The highest BCUT2D eigenvalue weighted by Crippen LogP contribution is 2.21. The van der Waals surface area contributed by atoms with Gasteiger partial charge in [-0.1, -0.05) is 46.3 Å². The Morgan fingerprint density at radius 2 is 1.90 bits per heavy atom. The molecule has 0 heterocycles. The van der Waals surface area contributed by atoms with E-state index in [1.807, 2.05) is 19.2 Å². The monoisotopic (exact) mass is 335 g/mol. The fourth-order valence-electron chi connectivity index (χ4n) is 2.48. The van der Waals surface area contributed by atoms with E-state index in [0.717, 1.165) is 29.4 Å². The highest BCUT2D eigenvalue weighted by atomic mass is 79.9. The number of nitrogens with one attached hydrogen (secondary N) is 1. The van der Waals surface area contributed by atoms with Crippen LogP contribution in [-0.2, 0) is 12.8 Å².